The van der Waals surface area contributed by atoms with E-state index in [1.54, 1.807) is 14.2 Å². The van der Waals surface area contributed by atoms with Crippen molar-refractivity contribution in [3.8, 4) is 11.5 Å². The number of thioether (sulfide) groups is 1. The number of methoxy groups -OCH3 is 2. The molecule has 6 rings (SSSR count). The summed E-state index contributed by atoms with van der Waals surface area (Å²) in [6, 6.07) is 24.1. The Morgan fingerprint density at radius 1 is 0.900 bits per heavy atom. The van der Waals surface area contributed by atoms with Gasteiger partial charge in [-0.3, -0.25) is 4.79 Å². The Morgan fingerprint density at radius 2 is 1.52 bits per heavy atom. The molecule has 1 saturated carbocycles. The number of allylic oxidation sites excluding steroid dienone is 1. The monoisotopic (exact) mass is 613 g/mol. The van der Waals surface area contributed by atoms with Crippen molar-refractivity contribution < 1.29 is 14.3 Å². The Morgan fingerprint density at radius 3 is 2.20 bits per heavy atom. The van der Waals surface area contributed by atoms with Gasteiger partial charge in [0.1, 0.15) is 11.5 Å². The number of hydrazone groups is 1. The van der Waals surface area contributed by atoms with Gasteiger partial charge in [0, 0.05) is 10.4 Å². The van der Waals surface area contributed by atoms with Crippen molar-refractivity contribution in [3.63, 3.8) is 0 Å². The lowest BCUT2D eigenvalue weighted by atomic mass is 9.77. The Balaban J connectivity index is 1.36. The highest BCUT2D eigenvalue weighted by atomic mass is 79.9. The second-order valence-electron chi connectivity index (χ2n) is 9.85. The summed E-state index contributed by atoms with van der Waals surface area (Å²) in [5.41, 5.74) is 5.48. The van der Waals surface area contributed by atoms with E-state index in [2.05, 4.69) is 51.3 Å². The van der Waals surface area contributed by atoms with E-state index in [0.717, 1.165) is 57.6 Å². The lowest BCUT2D eigenvalue weighted by Gasteiger charge is -2.30. The van der Waals surface area contributed by atoms with Crippen molar-refractivity contribution in [1.29, 1.82) is 0 Å². The molecule has 0 aromatic heterocycles. The third-order valence-corrected chi connectivity index (χ3v) is 8.89. The number of amides is 1. The zero-order chi connectivity index (χ0) is 27.6. The fourth-order valence-corrected chi connectivity index (χ4v) is 6.57. The fraction of sp³-hybridized carbons (Fsp3) is 0.219. The van der Waals surface area contributed by atoms with E-state index in [4.69, 9.17) is 14.6 Å². The largest absolute Gasteiger partial charge is 0.497 e. The molecule has 1 fully saturated rings. The molecule has 0 bridgehead atoms. The highest BCUT2D eigenvalue weighted by molar-refractivity contribution is 9.10. The molecule has 0 saturated heterocycles. The number of hydrogen-bond donors (Lipinski definition) is 0. The van der Waals surface area contributed by atoms with Crippen molar-refractivity contribution in [3.05, 3.63) is 104 Å². The van der Waals surface area contributed by atoms with E-state index in [9.17, 15) is 4.79 Å². The summed E-state index contributed by atoms with van der Waals surface area (Å²) in [6.45, 7) is 0. The molecule has 3 aromatic carbocycles. The average Bonchev–Trinajstić information content (AvgIpc) is 3.55. The Labute approximate surface area is 246 Å². The molecule has 40 heavy (non-hydrogen) atoms. The van der Waals surface area contributed by atoms with Crippen molar-refractivity contribution >= 4 is 56.6 Å². The van der Waals surface area contributed by atoms with Gasteiger partial charge in [0.15, 0.2) is 5.17 Å². The number of amidine groups is 1. The number of aliphatic imine (C=N–C) groups is 1. The van der Waals surface area contributed by atoms with E-state index >= 15 is 0 Å². The topological polar surface area (TPSA) is 63.5 Å². The van der Waals surface area contributed by atoms with Crippen LogP contribution in [-0.4, -0.2) is 36.0 Å². The number of fused-ring (bicyclic) bond motifs is 1. The Kier molecular flexibility index (Phi) is 7.63. The van der Waals surface area contributed by atoms with Crippen LogP contribution in [0.3, 0.4) is 0 Å². The third-order valence-electron chi connectivity index (χ3n) is 7.39. The summed E-state index contributed by atoms with van der Waals surface area (Å²) in [5.74, 6) is 1.59. The van der Waals surface area contributed by atoms with Crippen LogP contribution in [0.15, 0.2) is 97.8 Å². The standard InChI is InChI=1S/C32H28BrN3O3S/c1-38-25-14-8-20(9-15-25)18-23-4-3-5-27-29(23)35-36(30(27)22-10-16-26(39-2)17-11-22)32-34-31(37)28(40-32)19-21-6-12-24(33)13-7-21/h6-19,27,30H,3-5H2,1-2H3/b23-18+,28-19-. The first-order valence-corrected chi connectivity index (χ1v) is 14.8. The van der Waals surface area contributed by atoms with Gasteiger partial charge in [-0.15, -0.1) is 0 Å². The zero-order valence-corrected chi connectivity index (χ0v) is 24.6. The highest BCUT2D eigenvalue weighted by Crippen LogP contribution is 2.47. The summed E-state index contributed by atoms with van der Waals surface area (Å²) >= 11 is 4.86. The smallest absolute Gasteiger partial charge is 0.286 e. The minimum absolute atomic E-state index is 0.0634. The first-order chi connectivity index (χ1) is 19.5. The van der Waals surface area contributed by atoms with E-state index in [0.29, 0.717) is 10.1 Å². The Hall–Kier alpha value is -3.62. The van der Waals surface area contributed by atoms with E-state index in [1.165, 1.54) is 17.3 Å². The predicted molar refractivity (Wildman–Crippen MR) is 165 cm³/mol. The molecular formula is C32H28BrN3O3S. The van der Waals surface area contributed by atoms with Gasteiger partial charge in [-0.05, 0) is 102 Å². The van der Waals surface area contributed by atoms with Crippen LogP contribution in [0, 0.1) is 5.92 Å². The van der Waals surface area contributed by atoms with Crippen molar-refractivity contribution in [2.75, 3.05) is 14.2 Å². The Bertz CT molecular complexity index is 1540. The first kappa shape index (κ1) is 26.6. The number of benzene rings is 3. The molecule has 0 radical (unpaired) electrons. The van der Waals surface area contributed by atoms with Gasteiger partial charge in [0.2, 0.25) is 0 Å². The van der Waals surface area contributed by atoms with Crippen LogP contribution in [0.2, 0.25) is 0 Å². The maximum atomic E-state index is 13.0. The lowest BCUT2D eigenvalue weighted by Crippen LogP contribution is -2.30. The highest BCUT2D eigenvalue weighted by Gasteiger charge is 2.44. The third kappa shape index (κ3) is 5.38. The van der Waals surface area contributed by atoms with Gasteiger partial charge in [0.05, 0.1) is 30.9 Å². The number of halogens is 1. The molecule has 2 heterocycles. The summed E-state index contributed by atoms with van der Waals surface area (Å²) in [7, 11) is 3.35. The van der Waals surface area contributed by atoms with Gasteiger partial charge >= 0.3 is 0 Å². The predicted octanol–water partition coefficient (Wildman–Crippen LogP) is 7.73. The second kappa shape index (κ2) is 11.5. The van der Waals surface area contributed by atoms with Gasteiger partial charge in [0.25, 0.3) is 5.91 Å². The molecule has 3 aliphatic rings. The molecule has 202 valence electrons. The minimum Gasteiger partial charge on any atom is -0.497 e. The second-order valence-corrected chi connectivity index (χ2v) is 11.8. The van der Waals surface area contributed by atoms with Crippen LogP contribution in [0.4, 0.5) is 0 Å². The maximum absolute atomic E-state index is 13.0. The van der Waals surface area contributed by atoms with Gasteiger partial charge in [-0.1, -0.05) is 52.3 Å². The lowest BCUT2D eigenvalue weighted by molar-refractivity contribution is -0.113. The van der Waals surface area contributed by atoms with Gasteiger partial charge in [-0.2, -0.15) is 10.1 Å². The number of nitrogens with zero attached hydrogens (tertiary/aromatic N) is 3. The minimum atomic E-state index is -0.236. The summed E-state index contributed by atoms with van der Waals surface area (Å²) in [6.07, 6.45) is 7.16. The van der Waals surface area contributed by atoms with Crippen LogP contribution in [0.1, 0.15) is 42.0 Å². The molecule has 0 spiro atoms. The number of rotatable bonds is 5. The molecule has 8 heteroatoms. The van der Waals surface area contributed by atoms with E-state index in [1.807, 2.05) is 59.6 Å². The maximum Gasteiger partial charge on any atom is 0.286 e. The molecule has 6 nitrogen and oxygen atoms in total. The number of carbonyl (C=O) groups excluding carboxylic acids is 1. The van der Waals surface area contributed by atoms with Crippen LogP contribution < -0.4 is 9.47 Å². The van der Waals surface area contributed by atoms with E-state index < -0.39 is 0 Å². The SMILES string of the molecule is COc1ccc(/C=C2\CCCC3C2=NN(C2=NC(=O)/C(=C/c4ccc(Br)cc4)S2)C3c2ccc(OC)cc2)cc1. The summed E-state index contributed by atoms with van der Waals surface area (Å²) in [4.78, 5) is 18.1. The van der Waals surface area contributed by atoms with Gasteiger partial charge in [-0.25, -0.2) is 5.01 Å². The van der Waals surface area contributed by atoms with Crippen LogP contribution in [-0.2, 0) is 4.79 Å². The number of ether oxygens (including phenoxy) is 2. The molecule has 1 amide bonds. The summed E-state index contributed by atoms with van der Waals surface area (Å²) < 4.78 is 11.7. The van der Waals surface area contributed by atoms with Crippen molar-refractivity contribution in [1.82, 2.24) is 5.01 Å². The molecule has 3 aromatic rings. The van der Waals surface area contributed by atoms with Crippen molar-refractivity contribution in [2.24, 2.45) is 16.0 Å². The molecule has 2 unspecified atom stereocenters. The fourth-order valence-electron chi connectivity index (χ4n) is 5.40. The number of hydrogen-bond acceptors (Lipinski definition) is 6. The molecule has 0 N–H and O–H groups in total. The van der Waals surface area contributed by atoms with Crippen LogP contribution in [0.25, 0.3) is 12.2 Å². The zero-order valence-electron chi connectivity index (χ0n) is 22.2. The molecule has 2 aliphatic heterocycles. The van der Waals surface area contributed by atoms with Crippen molar-refractivity contribution in [2.45, 2.75) is 25.3 Å². The molecular weight excluding hydrogens is 586 g/mol. The first-order valence-electron chi connectivity index (χ1n) is 13.2. The quantitative estimate of drug-likeness (QED) is 0.275. The van der Waals surface area contributed by atoms with Crippen LogP contribution in [0.5, 0.6) is 11.5 Å². The van der Waals surface area contributed by atoms with Gasteiger partial charge < -0.3 is 9.47 Å². The normalized spacial score (nSPS) is 22.4. The van der Waals surface area contributed by atoms with E-state index in [-0.39, 0.29) is 17.9 Å². The van der Waals surface area contributed by atoms with Crippen LogP contribution >= 0.6 is 27.7 Å². The molecule has 1 aliphatic carbocycles. The summed E-state index contributed by atoms with van der Waals surface area (Å²) in [5, 5.41) is 7.76. The molecule has 2 atom stereocenters. The average molecular weight is 615 g/mol. The number of carbonyl (C=O) groups is 1.